The monoisotopic (exact) mass is 215 g/mol. The van der Waals surface area contributed by atoms with Crippen molar-refractivity contribution in [2.45, 2.75) is 20.5 Å². The zero-order valence-electron chi connectivity index (χ0n) is 9.36. The number of esters is 1. The van der Waals surface area contributed by atoms with Crippen molar-refractivity contribution in [3.8, 4) is 0 Å². The SMILES string of the molecule is CC(=O)OCc1nc(C)cc2ccccc12. The maximum Gasteiger partial charge on any atom is 0.303 e. The van der Waals surface area contributed by atoms with Crippen molar-refractivity contribution in [2.24, 2.45) is 0 Å². The van der Waals surface area contributed by atoms with Crippen molar-refractivity contribution in [1.29, 1.82) is 0 Å². The van der Waals surface area contributed by atoms with Gasteiger partial charge in [-0.3, -0.25) is 9.78 Å². The molecular formula is C13H13NO2. The van der Waals surface area contributed by atoms with Gasteiger partial charge in [0, 0.05) is 18.0 Å². The van der Waals surface area contributed by atoms with Crippen LogP contribution in [-0.2, 0) is 16.1 Å². The van der Waals surface area contributed by atoms with E-state index in [0.29, 0.717) is 0 Å². The number of benzene rings is 1. The quantitative estimate of drug-likeness (QED) is 0.723. The van der Waals surface area contributed by atoms with E-state index >= 15 is 0 Å². The standard InChI is InChI=1S/C13H13NO2/c1-9-7-11-5-3-4-6-12(11)13(14-9)8-16-10(2)15/h3-7H,8H2,1-2H3. The zero-order valence-corrected chi connectivity index (χ0v) is 9.36. The first-order chi connectivity index (χ1) is 7.66. The van der Waals surface area contributed by atoms with Gasteiger partial charge in [-0.25, -0.2) is 0 Å². The second kappa shape index (κ2) is 4.31. The molecule has 0 N–H and O–H groups in total. The second-order valence-electron chi connectivity index (χ2n) is 3.71. The number of rotatable bonds is 2. The van der Waals surface area contributed by atoms with E-state index < -0.39 is 0 Å². The molecule has 0 amide bonds. The lowest BCUT2D eigenvalue weighted by atomic mass is 10.1. The van der Waals surface area contributed by atoms with E-state index in [1.54, 1.807) is 0 Å². The van der Waals surface area contributed by atoms with Gasteiger partial charge in [-0.1, -0.05) is 24.3 Å². The Kier molecular flexibility index (Phi) is 2.86. The molecule has 0 bridgehead atoms. The number of ether oxygens (including phenoxy) is 1. The molecule has 2 rings (SSSR count). The Morgan fingerprint density at radius 1 is 1.38 bits per heavy atom. The molecule has 0 atom stereocenters. The van der Waals surface area contributed by atoms with Crippen molar-refractivity contribution in [3.05, 3.63) is 41.7 Å². The molecule has 1 aromatic heterocycles. The Labute approximate surface area is 94.1 Å². The molecule has 0 fully saturated rings. The molecule has 0 aliphatic carbocycles. The lowest BCUT2D eigenvalue weighted by Crippen LogP contribution is -2.02. The minimum Gasteiger partial charge on any atom is -0.459 e. The van der Waals surface area contributed by atoms with Crippen LogP contribution < -0.4 is 0 Å². The summed E-state index contributed by atoms with van der Waals surface area (Å²) in [6.07, 6.45) is 0. The topological polar surface area (TPSA) is 39.2 Å². The van der Waals surface area contributed by atoms with Gasteiger partial charge in [0.1, 0.15) is 6.61 Å². The largest absolute Gasteiger partial charge is 0.459 e. The van der Waals surface area contributed by atoms with Crippen LogP contribution in [0.3, 0.4) is 0 Å². The highest BCUT2D eigenvalue weighted by Crippen LogP contribution is 2.18. The van der Waals surface area contributed by atoms with Crippen LogP contribution >= 0.6 is 0 Å². The first kappa shape index (κ1) is 10.6. The van der Waals surface area contributed by atoms with Crippen molar-refractivity contribution >= 4 is 16.7 Å². The average molecular weight is 215 g/mol. The predicted molar refractivity (Wildman–Crippen MR) is 62.0 cm³/mol. The van der Waals surface area contributed by atoms with Gasteiger partial charge in [-0.15, -0.1) is 0 Å². The van der Waals surface area contributed by atoms with Crippen molar-refractivity contribution < 1.29 is 9.53 Å². The van der Waals surface area contributed by atoms with E-state index in [2.05, 4.69) is 4.98 Å². The Balaban J connectivity index is 2.46. The summed E-state index contributed by atoms with van der Waals surface area (Å²) in [6, 6.07) is 9.97. The number of carbonyl (C=O) groups excluding carboxylic acids is 1. The Bertz CT molecular complexity index is 534. The Morgan fingerprint density at radius 3 is 2.88 bits per heavy atom. The third kappa shape index (κ3) is 2.19. The Hall–Kier alpha value is -1.90. The molecule has 2 aromatic rings. The van der Waals surface area contributed by atoms with E-state index in [4.69, 9.17) is 4.74 Å². The molecule has 0 spiro atoms. The molecule has 0 radical (unpaired) electrons. The van der Waals surface area contributed by atoms with Crippen LogP contribution in [-0.4, -0.2) is 11.0 Å². The normalized spacial score (nSPS) is 10.4. The minimum atomic E-state index is -0.285. The van der Waals surface area contributed by atoms with E-state index in [1.807, 2.05) is 37.3 Å². The van der Waals surface area contributed by atoms with Gasteiger partial charge in [0.15, 0.2) is 0 Å². The number of aryl methyl sites for hydroxylation is 1. The van der Waals surface area contributed by atoms with E-state index in [0.717, 1.165) is 22.2 Å². The summed E-state index contributed by atoms with van der Waals surface area (Å²) in [7, 11) is 0. The predicted octanol–water partition coefficient (Wildman–Crippen LogP) is 2.61. The molecule has 0 aliphatic rings. The molecule has 3 heteroatoms. The summed E-state index contributed by atoms with van der Waals surface area (Å²) in [4.78, 5) is 15.2. The van der Waals surface area contributed by atoms with Gasteiger partial charge in [0.05, 0.1) is 5.69 Å². The van der Waals surface area contributed by atoms with Gasteiger partial charge < -0.3 is 4.74 Å². The average Bonchev–Trinajstić information content (AvgIpc) is 2.25. The molecule has 0 saturated carbocycles. The van der Waals surface area contributed by atoms with Gasteiger partial charge in [0.25, 0.3) is 0 Å². The molecule has 1 heterocycles. The fourth-order valence-corrected chi connectivity index (χ4v) is 1.70. The Morgan fingerprint density at radius 2 is 2.12 bits per heavy atom. The smallest absolute Gasteiger partial charge is 0.303 e. The molecular weight excluding hydrogens is 202 g/mol. The fourth-order valence-electron chi connectivity index (χ4n) is 1.70. The van der Waals surface area contributed by atoms with Crippen LogP contribution in [0.15, 0.2) is 30.3 Å². The van der Waals surface area contributed by atoms with Gasteiger partial charge in [0.2, 0.25) is 0 Å². The van der Waals surface area contributed by atoms with Crippen LogP contribution in [0.2, 0.25) is 0 Å². The van der Waals surface area contributed by atoms with Gasteiger partial charge in [-0.05, 0) is 18.4 Å². The molecule has 0 saturated heterocycles. The number of carbonyl (C=O) groups is 1. The third-order valence-corrected chi connectivity index (χ3v) is 2.36. The molecule has 82 valence electrons. The first-order valence-corrected chi connectivity index (χ1v) is 5.15. The third-order valence-electron chi connectivity index (χ3n) is 2.36. The number of nitrogens with zero attached hydrogens (tertiary/aromatic N) is 1. The summed E-state index contributed by atoms with van der Waals surface area (Å²) in [5.41, 5.74) is 1.74. The van der Waals surface area contributed by atoms with Gasteiger partial charge in [-0.2, -0.15) is 0 Å². The molecule has 0 aliphatic heterocycles. The summed E-state index contributed by atoms with van der Waals surface area (Å²) in [6.45, 7) is 3.57. The molecule has 16 heavy (non-hydrogen) atoms. The number of aromatic nitrogens is 1. The van der Waals surface area contributed by atoms with Gasteiger partial charge >= 0.3 is 5.97 Å². The van der Waals surface area contributed by atoms with E-state index in [-0.39, 0.29) is 12.6 Å². The zero-order chi connectivity index (χ0) is 11.5. The minimum absolute atomic E-state index is 0.234. The van der Waals surface area contributed by atoms with Crippen molar-refractivity contribution in [2.75, 3.05) is 0 Å². The fraction of sp³-hybridized carbons (Fsp3) is 0.231. The summed E-state index contributed by atoms with van der Waals surface area (Å²) < 4.78 is 4.99. The molecule has 0 unspecified atom stereocenters. The number of fused-ring (bicyclic) bond motifs is 1. The lowest BCUT2D eigenvalue weighted by molar-refractivity contribution is -0.142. The highest BCUT2D eigenvalue weighted by atomic mass is 16.5. The van der Waals surface area contributed by atoms with Crippen molar-refractivity contribution in [1.82, 2.24) is 4.98 Å². The van der Waals surface area contributed by atoms with E-state index in [1.165, 1.54) is 6.92 Å². The summed E-state index contributed by atoms with van der Waals surface area (Å²) in [5.74, 6) is -0.285. The van der Waals surface area contributed by atoms with Crippen LogP contribution in [0.5, 0.6) is 0 Å². The lowest BCUT2D eigenvalue weighted by Gasteiger charge is -2.07. The van der Waals surface area contributed by atoms with Crippen LogP contribution in [0.1, 0.15) is 18.3 Å². The molecule has 3 nitrogen and oxygen atoms in total. The first-order valence-electron chi connectivity index (χ1n) is 5.15. The number of pyridine rings is 1. The van der Waals surface area contributed by atoms with Crippen LogP contribution in [0.25, 0.3) is 10.8 Å². The number of hydrogen-bond acceptors (Lipinski definition) is 3. The highest BCUT2D eigenvalue weighted by molar-refractivity contribution is 5.84. The molecule has 1 aromatic carbocycles. The highest BCUT2D eigenvalue weighted by Gasteiger charge is 2.05. The van der Waals surface area contributed by atoms with Crippen LogP contribution in [0.4, 0.5) is 0 Å². The maximum atomic E-state index is 10.8. The number of hydrogen-bond donors (Lipinski definition) is 0. The summed E-state index contributed by atoms with van der Waals surface area (Å²) >= 11 is 0. The maximum absolute atomic E-state index is 10.8. The second-order valence-corrected chi connectivity index (χ2v) is 3.71. The van der Waals surface area contributed by atoms with Crippen LogP contribution in [0, 0.1) is 6.92 Å². The van der Waals surface area contributed by atoms with E-state index in [9.17, 15) is 4.79 Å². The summed E-state index contributed by atoms with van der Waals surface area (Å²) in [5, 5.41) is 2.16. The van der Waals surface area contributed by atoms with Crippen molar-refractivity contribution in [3.63, 3.8) is 0 Å².